The molecule has 3 atom stereocenters. The van der Waals surface area contributed by atoms with Gasteiger partial charge in [-0.25, -0.2) is 0 Å². The minimum absolute atomic E-state index is 0.422. The van der Waals surface area contributed by atoms with Crippen molar-refractivity contribution in [3.8, 4) is 0 Å². The number of likely N-dealkylation sites (tertiary alicyclic amines) is 1. The molecule has 2 heteroatoms. The van der Waals surface area contributed by atoms with Gasteiger partial charge in [-0.3, -0.25) is 4.79 Å². The van der Waals surface area contributed by atoms with Crippen molar-refractivity contribution in [1.29, 1.82) is 0 Å². The van der Waals surface area contributed by atoms with Gasteiger partial charge in [-0.15, -0.1) is 0 Å². The first-order valence-electron chi connectivity index (χ1n) is 7.59. The van der Waals surface area contributed by atoms with Crippen LogP contribution in [0.25, 0.3) is 0 Å². The normalized spacial score (nSPS) is 41.2. The molecule has 0 radical (unpaired) electrons. The van der Waals surface area contributed by atoms with Crippen molar-refractivity contribution >= 4 is 5.78 Å². The minimum atomic E-state index is 0.422. The van der Waals surface area contributed by atoms with Crippen LogP contribution in [0.1, 0.15) is 51.4 Å². The third kappa shape index (κ3) is 1.95. The first kappa shape index (κ1) is 11.7. The highest BCUT2D eigenvalue weighted by atomic mass is 16.1. The van der Waals surface area contributed by atoms with E-state index in [9.17, 15) is 4.79 Å². The summed E-state index contributed by atoms with van der Waals surface area (Å²) in [4.78, 5) is 12.4. The molecule has 3 rings (SSSR count). The fourth-order valence-corrected chi connectivity index (χ4v) is 4.73. The zero-order chi connectivity index (χ0) is 11.9. The van der Waals surface area contributed by atoms with Crippen LogP contribution in [0, 0.1) is 11.8 Å². The number of Topliss-reactive ketones (excluding diaryl/α,β-unsaturated/α-hetero) is 1. The van der Waals surface area contributed by atoms with E-state index in [0.717, 1.165) is 0 Å². The molecule has 17 heavy (non-hydrogen) atoms. The molecule has 0 unspecified atom stereocenters. The van der Waals surface area contributed by atoms with Gasteiger partial charge in [0.2, 0.25) is 0 Å². The lowest BCUT2D eigenvalue weighted by Gasteiger charge is -2.50. The lowest BCUT2D eigenvalue weighted by atomic mass is 9.67. The Morgan fingerprint density at radius 2 is 1.71 bits per heavy atom. The second kappa shape index (κ2) is 4.38. The lowest BCUT2D eigenvalue weighted by Crippen LogP contribution is -2.61. The molecule has 0 aromatic rings. The van der Waals surface area contributed by atoms with Crippen molar-refractivity contribution in [2.24, 2.45) is 11.8 Å². The Hall–Kier alpha value is -0.370. The quantitative estimate of drug-likeness (QED) is 0.640. The average molecular weight is 236 g/mol. The van der Waals surface area contributed by atoms with Crippen LogP contribution in [-0.4, -0.2) is 36.4 Å². The molecule has 0 amide bonds. The number of ketones is 1. The van der Waals surface area contributed by atoms with E-state index in [0.29, 0.717) is 23.7 Å². The Bertz CT molecular complexity index is 306. The van der Waals surface area contributed by atoms with Crippen LogP contribution in [0.3, 0.4) is 0 Å². The number of hydrogen-bond acceptors (Lipinski definition) is 1. The van der Waals surface area contributed by atoms with Crippen LogP contribution in [0.2, 0.25) is 0 Å². The fourth-order valence-electron chi connectivity index (χ4n) is 4.73. The van der Waals surface area contributed by atoms with Crippen LogP contribution in [-0.2, 0) is 4.79 Å². The predicted molar refractivity (Wildman–Crippen MR) is 68.6 cm³/mol. The molecule has 0 aromatic heterocycles. The summed E-state index contributed by atoms with van der Waals surface area (Å²) in [7, 11) is 2.42. The van der Waals surface area contributed by atoms with Crippen LogP contribution >= 0.6 is 0 Å². The van der Waals surface area contributed by atoms with Crippen molar-refractivity contribution in [1.82, 2.24) is 0 Å². The number of hydrogen-bond donors (Lipinski definition) is 0. The van der Waals surface area contributed by atoms with Gasteiger partial charge < -0.3 is 4.48 Å². The van der Waals surface area contributed by atoms with E-state index in [1.807, 2.05) is 0 Å². The predicted octanol–water partition coefficient (Wildman–Crippen LogP) is 2.76. The number of nitrogens with zero attached hydrogens (tertiary/aromatic N) is 1. The Labute approximate surface area is 105 Å². The summed E-state index contributed by atoms with van der Waals surface area (Å²) in [6.07, 6.45) is 10.3. The van der Waals surface area contributed by atoms with E-state index in [-0.39, 0.29) is 0 Å². The van der Waals surface area contributed by atoms with Crippen LogP contribution in [0.15, 0.2) is 0 Å². The maximum Gasteiger partial charge on any atom is 0.144 e. The molecule has 3 aliphatic rings. The lowest BCUT2D eigenvalue weighted by molar-refractivity contribution is -0.941. The van der Waals surface area contributed by atoms with E-state index in [4.69, 9.17) is 0 Å². The molecule has 3 fully saturated rings. The summed E-state index contributed by atoms with van der Waals surface area (Å²) in [5.41, 5.74) is 0. The summed E-state index contributed by atoms with van der Waals surface area (Å²) in [6.45, 7) is 2.64. The van der Waals surface area contributed by atoms with Gasteiger partial charge >= 0.3 is 0 Å². The molecule has 0 spiro atoms. The molecule has 2 saturated carbocycles. The zero-order valence-corrected chi connectivity index (χ0v) is 11.2. The first-order valence-corrected chi connectivity index (χ1v) is 7.59. The van der Waals surface area contributed by atoms with Crippen molar-refractivity contribution in [3.05, 3.63) is 0 Å². The number of quaternary nitrogens is 1. The van der Waals surface area contributed by atoms with Gasteiger partial charge in [0.05, 0.1) is 32.1 Å². The highest BCUT2D eigenvalue weighted by Crippen LogP contribution is 2.42. The number of carbonyl (C=O) groups is 1. The van der Waals surface area contributed by atoms with Gasteiger partial charge in [-0.05, 0) is 38.5 Å². The molecular weight excluding hydrogens is 210 g/mol. The molecule has 1 aliphatic heterocycles. The number of rotatable bonds is 1. The van der Waals surface area contributed by atoms with Gasteiger partial charge in [-0.1, -0.05) is 6.42 Å². The van der Waals surface area contributed by atoms with Gasteiger partial charge in [0, 0.05) is 12.3 Å². The summed E-state index contributed by atoms with van der Waals surface area (Å²) in [6, 6.07) is 0.666. The standard InChI is InChI=1S/C15H26NO/c1-16(10-3-2-4-11-16)14-9-8-12-6-5-7-13(14)15(12)17/h12-14H,2-11H2,1H3/q+1/t12-,13+,14-/m1/s1. The Morgan fingerprint density at radius 1 is 0.941 bits per heavy atom. The topological polar surface area (TPSA) is 17.1 Å². The van der Waals surface area contributed by atoms with Gasteiger partial charge in [-0.2, -0.15) is 0 Å². The third-order valence-corrected chi connectivity index (χ3v) is 5.75. The minimum Gasteiger partial charge on any atom is -0.323 e. The van der Waals surface area contributed by atoms with Crippen molar-refractivity contribution < 1.29 is 9.28 Å². The monoisotopic (exact) mass is 236 g/mol. The Morgan fingerprint density at radius 3 is 2.47 bits per heavy atom. The molecule has 2 nitrogen and oxygen atoms in total. The van der Waals surface area contributed by atoms with Crippen LogP contribution < -0.4 is 0 Å². The van der Waals surface area contributed by atoms with Gasteiger partial charge in [0.15, 0.2) is 0 Å². The second-order valence-corrected chi connectivity index (χ2v) is 6.77. The molecule has 1 saturated heterocycles. The number of piperidine rings is 1. The van der Waals surface area contributed by atoms with Gasteiger partial charge in [0.25, 0.3) is 0 Å². The van der Waals surface area contributed by atoms with E-state index < -0.39 is 0 Å². The van der Waals surface area contributed by atoms with E-state index in [1.165, 1.54) is 68.9 Å². The van der Waals surface area contributed by atoms with E-state index >= 15 is 0 Å². The largest absolute Gasteiger partial charge is 0.323 e. The molecule has 0 aromatic carbocycles. The Kier molecular flexibility index (Phi) is 3.02. The smallest absolute Gasteiger partial charge is 0.144 e. The van der Waals surface area contributed by atoms with E-state index in [1.54, 1.807) is 0 Å². The highest BCUT2D eigenvalue weighted by molar-refractivity contribution is 5.85. The van der Waals surface area contributed by atoms with Crippen LogP contribution in [0.5, 0.6) is 0 Å². The van der Waals surface area contributed by atoms with Crippen molar-refractivity contribution in [2.75, 3.05) is 20.1 Å². The average Bonchev–Trinajstić information content (AvgIpc) is 2.29. The molecule has 2 bridgehead atoms. The maximum absolute atomic E-state index is 12.4. The van der Waals surface area contributed by atoms with Crippen molar-refractivity contribution in [3.63, 3.8) is 0 Å². The van der Waals surface area contributed by atoms with Gasteiger partial charge in [0.1, 0.15) is 5.78 Å². The molecule has 96 valence electrons. The molecule has 1 heterocycles. The fraction of sp³-hybridized carbons (Fsp3) is 0.933. The summed E-state index contributed by atoms with van der Waals surface area (Å²) >= 11 is 0. The summed E-state index contributed by atoms with van der Waals surface area (Å²) < 4.78 is 1.21. The first-order chi connectivity index (χ1) is 8.21. The number of fused-ring (bicyclic) bond motifs is 2. The molecular formula is C15H26NO+. The summed E-state index contributed by atoms with van der Waals surface area (Å²) in [5, 5.41) is 0. The van der Waals surface area contributed by atoms with Crippen molar-refractivity contribution in [2.45, 2.75) is 57.4 Å². The highest BCUT2D eigenvalue weighted by Gasteiger charge is 2.48. The SMILES string of the molecule is C[N+]1([C@@H]2CC[C@H]3CCC[C@@H]2C3=O)CCCCC1. The zero-order valence-electron chi connectivity index (χ0n) is 11.2. The van der Waals surface area contributed by atoms with Crippen LogP contribution in [0.4, 0.5) is 0 Å². The maximum atomic E-state index is 12.4. The summed E-state index contributed by atoms with van der Waals surface area (Å²) in [5.74, 6) is 1.50. The molecule has 2 aliphatic carbocycles. The van der Waals surface area contributed by atoms with E-state index in [2.05, 4.69) is 7.05 Å². The third-order valence-electron chi connectivity index (χ3n) is 5.75. The molecule has 0 N–H and O–H groups in total. The Balaban J connectivity index is 1.80. The second-order valence-electron chi connectivity index (χ2n) is 6.77. The number of carbonyl (C=O) groups excluding carboxylic acids is 1.